The minimum atomic E-state index is -0.276. The molecule has 4 rings (SSSR count). The van der Waals surface area contributed by atoms with Crippen LogP contribution in [0.3, 0.4) is 0 Å². The SMILES string of the molecule is CC1=CC(C)(C)N(C)c2cc(Cl)c(/C=N\NC(=O)c3cccc(-n4c(C)ccc4C)c3)cc21. The van der Waals surface area contributed by atoms with Gasteiger partial charge in [-0.05, 0) is 82.7 Å². The van der Waals surface area contributed by atoms with Crippen molar-refractivity contribution in [2.45, 2.75) is 40.2 Å². The Kier molecular flexibility index (Phi) is 5.93. The molecule has 1 aliphatic rings. The number of nitrogens with zero attached hydrogens (tertiary/aromatic N) is 3. The smallest absolute Gasteiger partial charge is 0.271 e. The lowest BCUT2D eigenvalue weighted by molar-refractivity contribution is 0.0955. The van der Waals surface area contributed by atoms with Crippen molar-refractivity contribution in [3.8, 4) is 5.69 Å². The largest absolute Gasteiger partial charge is 0.365 e. The third-order valence-corrected chi connectivity index (χ3v) is 6.67. The van der Waals surface area contributed by atoms with Gasteiger partial charge in [-0.25, -0.2) is 5.43 Å². The van der Waals surface area contributed by atoms with Crippen molar-refractivity contribution >= 4 is 35.0 Å². The van der Waals surface area contributed by atoms with Crippen molar-refractivity contribution in [1.82, 2.24) is 9.99 Å². The number of benzene rings is 2. The van der Waals surface area contributed by atoms with Crippen molar-refractivity contribution < 1.29 is 4.79 Å². The van der Waals surface area contributed by atoms with Crippen LogP contribution in [0.2, 0.25) is 5.02 Å². The summed E-state index contributed by atoms with van der Waals surface area (Å²) < 4.78 is 2.11. The van der Waals surface area contributed by atoms with E-state index in [9.17, 15) is 4.79 Å². The number of likely N-dealkylation sites (N-methyl/N-ethyl adjacent to an activating group) is 1. The van der Waals surface area contributed by atoms with E-state index in [2.05, 4.69) is 66.0 Å². The van der Waals surface area contributed by atoms with Gasteiger partial charge in [0.15, 0.2) is 0 Å². The van der Waals surface area contributed by atoms with Crippen LogP contribution in [0, 0.1) is 13.8 Å². The lowest BCUT2D eigenvalue weighted by atomic mass is 9.88. The molecule has 1 N–H and O–H groups in total. The zero-order chi connectivity index (χ0) is 23.9. The van der Waals surface area contributed by atoms with E-state index >= 15 is 0 Å². The molecule has 1 aromatic heterocycles. The van der Waals surface area contributed by atoms with E-state index in [-0.39, 0.29) is 11.4 Å². The van der Waals surface area contributed by atoms with Gasteiger partial charge in [-0.1, -0.05) is 23.7 Å². The van der Waals surface area contributed by atoms with E-state index in [0.29, 0.717) is 10.6 Å². The van der Waals surface area contributed by atoms with Gasteiger partial charge in [-0.15, -0.1) is 0 Å². The monoisotopic (exact) mass is 460 g/mol. The van der Waals surface area contributed by atoms with Gasteiger partial charge in [0.05, 0.1) is 16.8 Å². The molecule has 170 valence electrons. The first-order chi connectivity index (χ1) is 15.6. The molecule has 0 saturated heterocycles. The highest BCUT2D eigenvalue weighted by molar-refractivity contribution is 6.33. The van der Waals surface area contributed by atoms with E-state index in [4.69, 9.17) is 11.6 Å². The fraction of sp³-hybridized carbons (Fsp3) is 0.259. The molecule has 1 amide bonds. The van der Waals surface area contributed by atoms with E-state index in [0.717, 1.165) is 33.9 Å². The zero-order valence-electron chi connectivity index (χ0n) is 19.9. The van der Waals surface area contributed by atoms with Crippen LogP contribution in [0.25, 0.3) is 11.3 Å². The fourth-order valence-electron chi connectivity index (χ4n) is 4.37. The number of allylic oxidation sites excluding steroid dienone is 1. The van der Waals surface area contributed by atoms with Gasteiger partial charge in [0, 0.05) is 46.5 Å². The molecule has 0 radical (unpaired) electrons. The van der Waals surface area contributed by atoms with Crippen molar-refractivity contribution in [2.75, 3.05) is 11.9 Å². The molecule has 0 atom stereocenters. The number of rotatable bonds is 4. The number of hydrogen-bond acceptors (Lipinski definition) is 3. The third kappa shape index (κ3) is 4.33. The summed E-state index contributed by atoms with van der Waals surface area (Å²) >= 11 is 6.55. The highest BCUT2D eigenvalue weighted by Gasteiger charge is 2.29. The molecule has 33 heavy (non-hydrogen) atoms. The Morgan fingerprint density at radius 2 is 1.76 bits per heavy atom. The number of nitrogens with one attached hydrogen (secondary N) is 1. The number of fused-ring (bicyclic) bond motifs is 1. The molecule has 0 spiro atoms. The van der Waals surface area contributed by atoms with Crippen LogP contribution < -0.4 is 10.3 Å². The minimum absolute atomic E-state index is 0.0870. The second-order valence-corrected chi connectivity index (χ2v) is 9.54. The Bertz CT molecular complexity index is 1280. The summed E-state index contributed by atoms with van der Waals surface area (Å²) in [5, 5.41) is 4.77. The van der Waals surface area contributed by atoms with Crippen molar-refractivity contribution in [1.29, 1.82) is 0 Å². The summed E-state index contributed by atoms with van der Waals surface area (Å²) in [4.78, 5) is 14.9. The second kappa shape index (κ2) is 8.56. The van der Waals surface area contributed by atoms with Crippen LogP contribution in [0.4, 0.5) is 5.69 Å². The molecule has 0 unspecified atom stereocenters. The average Bonchev–Trinajstić information content (AvgIpc) is 3.10. The minimum Gasteiger partial charge on any atom is -0.365 e. The van der Waals surface area contributed by atoms with Crippen molar-refractivity contribution in [3.05, 3.63) is 87.7 Å². The van der Waals surface area contributed by atoms with E-state index in [1.54, 1.807) is 12.3 Å². The maximum Gasteiger partial charge on any atom is 0.271 e. The first kappa shape index (κ1) is 22.9. The van der Waals surface area contributed by atoms with Crippen LogP contribution in [0.15, 0.2) is 59.7 Å². The molecule has 0 aliphatic carbocycles. The number of carbonyl (C=O) groups is 1. The number of carbonyl (C=O) groups excluding carboxylic acids is 1. The van der Waals surface area contributed by atoms with Gasteiger partial charge < -0.3 is 9.47 Å². The highest BCUT2D eigenvalue weighted by Crippen LogP contribution is 2.40. The standard InChI is InChI=1S/C27H29ClN4O/c1-17-15-27(4,5)31(6)25-14-24(28)21(13-23(17)25)16-29-30-26(33)20-8-7-9-22(12-20)32-18(2)10-11-19(32)3/h7-16H,1-6H3,(H,30,33)/b29-16-. The fourth-order valence-corrected chi connectivity index (χ4v) is 4.58. The number of hydrazone groups is 1. The predicted octanol–water partition coefficient (Wildman–Crippen LogP) is 6.14. The van der Waals surface area contributed by atoms with Crippen molar-refractivity contribution in [2.24, 2.45) is 5.10 Å². The summed E-state index contributed by atoms with van der Waals surface area (Å²) in [6.45, 7) is 10.5. The molecule has 5 nitrogen and oxygen atoms in total. The Hall–Kier alpha value is -3.31. The Morgan fingerprint density at radius 3 is 2.45 bits per heavy atom. The average molecular weight is 461 g/mol. The molecular weight excluding hydrogens is 432 g/mol. The molecule has 2 heterocycles. The van der Waals surface area contributed by atoms with Gasteiger partial charge in [0.1, 0.15) is 0 Å². The van der Waals surface area contributed by atoms with Crippen molar-refractivity contribution in [3.63, 3.8) is 0 Å². The maximum absolute atomic E-state index is 12.7. The van der Waals surface area contributed by atoms with Crippen LogP contribution >= 0.6 is 11.6 Å². The normalized spacial score (nSPS) is 14.9. The summed E-state index contributed by atoms with van der Waals surface area (Å²) in [6.07, 6.45) is 3.84. The van der Waals surface area contributed by atoms with Crippen LogP contribution in [-0.2, 0) is 0 Å². The summed E-state index contributed by atoms with van der Waals surface area (Å²) in [5.41, 5.74) is 10.4. The molecule has 0 bridgehead atoms. The summed E-state index contributed by atoms with van der Waals surface area (Å²) in [7, 11) is 2.07. The predicted molar refractivity (Wildman–Crippen MR) is 138 cm³/mol. The Balaban J connectivity index is 1.54. The number of halogens is 1. The van der Waals surface area contributed by atoms with Crippen LogP contribution in [-0.4, -0.2) is 29.3 Å². The van der Waals surface area contributed by atoms with Gasteiger partial charge in [-0.3, -0.25) is 4.79 Å². The van der Waals surface area contributed by atoms with Crippen LogP contribution in [0.1, 0.15) is 53.6 Å². The molecular formula is C27H29ClN4O. The number of anilines is 1. The summed E-state index contributed by atoms with van der Waals surface area (Å²) in [5.74, 6) is -0.276. The van der Waals surface area contributed by atoms with E-state index < -0.39 is 0 Å². The first-order valence-electron chi connectivity index (χ1n) is 10.9. The Labute approximate surface area is 200 Å². The number of hydrogen-bond donors (Lipinski definition) is 1. The quantitative estimate of drug-likeness (QED) is 0.375. The number of aromatic nitrogens is 1. The molecule has 0 saturated carbocycles. The molecule has 2 aromatic carbocycles. The van der Waals surface area contributed by atoms with Gasteiger partial charge >= 0.3 is 0 Å². The molecule has 3 aromatic rings. The second-order valence-electron chi connectivity index (χ2n) is 9.13. The van der Waals surface area contributed by atoms with Gasteiger partial charge in [-0.2, -0.15) is 5.10 Å². The van der Waals surface area contributed by atoms with Gasteiger partial charge in [0.25, 0.3) is 5.91 Å². The molecule has 1 aliphatic heterocycles. The van der Waals surface area contributed by atoms with E-state index in [1.165, 1.54) is 5.57 Å². The topological polar surface area (TPSA) is 49.6 Å². The Morgan fingerprint density at radius 1 is 1.06 bits per heavy atom. The summed E-state index contributed by atoms with van der Waals surface area (Å²) in [6, 6.07) is 15.6. The van der Waals surface area contributed by atoms with E-state index in [1.807, 2.05) is 44.2 Å². The first-order valence-corrected chi connectivity index (χ1v) is 11.3. The van der Waals surface area contributed by atoms with Crippen LogP contribution in [0.5, 0.6) is 0 Å². The lowest BCUT2D eigenvalue weighted by Gasteiger charge is -2.40. The highest BCUT2D eigenvalue weighted by atomic mass is 35.5. The van der Waals surface area contributed by atoms with Gasteiger partial charge in [0.2, 0.25) is 0 Å². The zero-order valence-corrected chi connectivity index (χ0v) is 20.7. The maximum atomic E-state index is 12.7. The lowest BCUT2D eigenvalue weighted by Crippen LogP contribution is -2.42. The molecule has 0 fully saturated rings. The number of amides is 1. The molecule has 6 heteroatoms. The third-order valence-electron chi connectivity index (χ3n) is 6.34. The number of aryl methyl sites for hydroxylation is 2.